The number of halogens is 1. The summed E-state index contributed by atoms with van der Waals surface area (Å²) in [6.07, 6.45) is 0. The van der Waals surface area contributed by atoms with Crippen molar-refractivity contribution >= 4 is 51.5 Å². The van der Waals surface area contributed by atoms with E-state index in [0.29, 0.717) is 5.69 Å². The number of anilines is 3. The van der Waals surface area contributed by atoms with Crippen LogP contribution in [0.4, 0.5) is 17.1 Å². The summed E-state index contributed by atoms with van der Waals surface area (Å²) in [4.78, 5) is 26.2. The van der Waals surface area contributed by atoms with Crippen LogP contribution in [0.15, 0.2) is 84.9 Å². The molecule has 1 N–H and O–H groups in total. The van der Waals surface area contributed by atoms with Gasteiger partial charge in [-0.15, -0.1) is 0 Å². The summed E-state index contributed by atoms with van der Waals surface area (Å²) in [5.74, 6) is -0.856. The van der Waals surface area contributed by atoms with Crippen LogP contribution in [-0.4, -0.2) is 25.0 Å². The Labute approximate surface area is 177 Å². The van der Waals surface area contributed by atoms with Gasteiger partial charge in [-0.1, -0.05) is 36.4 Å². The molecule has 3 rings (SSSR count). The zero-order chi connectivity index (χ0) is 19.8. The molecular formula is C22H19IN2O3. The van der Waals surface area contributed by atoms with Crippen LogP contribution >= 0.6 is 22.6 Å². The number of hydrogen-bond acceptors (Lipinski definition) is 4. The highest BCUT2D eigenvalue weighted by atomic mass is 127. The molecule has 6 heteroatoms. The van der Waals surface area contributed by atoms with E-state index >= 15 is 0 Å². The molecule has 5 nitrogen and oxygen atoms in total. The van der Waals surface area contributed by atoms with Crippen LogP contribution in [0.25, 0.3) is 0 Å². The lowest BCUT2D eigenvalue weighted by Crippen LogP contribution is -2.29. The molecule has 0 radical (unpaired) electrons. The molecule has 0 bridgehead atoms. The first-order valence-electron chi connectivity index (χ1n) is 8.70. The highest BCUT2D eigenvalue weighted by Crippen LogP contribution is 2.24. The highest BCUT2D eigenvalue weighted by Gasteiger charge is 2.16. The second-order valence-corrected chi connectivity index (χ2v) is 7.22. The van der Waals surface area contributed by atoms with Gasteiger partial charge < -0.3 is 15.0 Å². The average Bonchev–Trinajstić information content (AvgIpc) is 2.73. The number of para-hydroxylation sites is 2. The third kappa shape index (κ3) is 5.82. The Morgan fingerprint density at radius 1 is 0.821 bits per heavy atom. The van der Waals surface area contributed by atoms with Gasteiger partial charge in [0.2, 0.25) is 0 Å². The van der Waals surface area contributed by atoms with Crippen LogP contribution in [0.2, 0.25) is 0 Å². The van der Waals surface area contributed by atoms with E-state index in [4.69, 9.17) is 4.74 Å². The summed E-state index contributed by atoms with van der Waals surface area (Å²) in [6.45, 7) is -0.326. The quantitative estimate of drug-likeness (QED) is 0.392. The lowest BCUT2D eigenvalue weighted by molar-refractivity contribution is -0.145. The fraction of sp³-hybridized carbons (Fsp3) is 0.0909. The second-order valence-electron chi connectivity index (χ2n) is 5.97. The molecule has 0 aliphatic rings. The third-order valence-corrected chi connectivity index (χ3v) is 4.63. The smallest absolute Gasteiger partial charge is 0.326 e. The molecule has 28 heavy (non-hydrogen) atoms. The number of benzene rings is 3. The Morgan fingerprint density at radius 3 is 1.89 bits per heavy atom. The first-order valence-corrected chi connectivity index (χ1v) is 9.78. The fourth-order valence-electron chi connectivity index (χ4n) is 2.60. The Balaban J connectivity index is 1.59. The van der Waals surface area contributed by atoms with Crippen molar-refractivity contribution in [2.24, 2.45) is 0 Å². The van der Waals surface area contributed by atoms with E-state index in [-0.39, 0.29) is 19.1 Å². The normalized spacial score (nSPS) is 10.2. The van der Waals surface area contributed by atoms with Crippen LogP contribution in [0.1, 0.15) is 0 Å². The minimum Gasteiger partial charge on any atom is -0.454 e. The van der Waals surface area contributed by atoms with Crippen molar-refractivity contribution < 1.29 is 14.3 Å². The predicted octanol–water partition coefficient (Wildman–Crippen LogP) is 4.61. The molecule has 3 aromatic carbocycles. The summed E-state index contributed by atoms with van der Waals surface area (Å²) in [5, 5.41) is 2.71. The number of amides is 1. The van der Waals surface area contributed by atoms with Gasteiger partial charge in [0.05, 0.1) is 0 Å². The van der Waals surface area contributed by atoms with E-state index in [1.807, 2.05) is 77.7 Å². The van der Waals surface area contributed by atoms with Gasteiger partial charge in [0, 0.05) is 20.6 Å². The van der Waals surface area contributed by atoms with Crippen molar-refractivity contribution in [2.75, 3.05) is 23.4 Å². The average molecular weight is 486 g/mol. The van der Waals surface area contributed by atoms with Crippen molar-refractivity contribution in [3.8, 4) is 0 Å². The molecule has 0 saturated heterocycles. The Kier molecular flexibility index (Phi) is 7.02. The van der Waals surface area contributed by atoms with Gasteiger partial charge in [0.1, 0.15) is 6.54 Å². The van der Waals surface area contributed by atoms with Crippen LogP contribution in [0.3, 0.4) is 0 Å². The summed E-state index contributed by atoms with van der Waals surface area (Å²) >= 11 is 2.19. The molecule has 0 saturated carbocycles. The van der Waals surface area contributed by atoms with E-state index in [2.05, 4.69) is 27.9 Å². The maximum Gasteiger partial charge on any atom is 0.326 e. The molecule has 0 spiro atoms. The lowest BCUT2D eigenvalue weighted by Gasteiger charge is -2.24. The molecule has 0 fully saturated rings. The number of rotatable bonds is 7. The first-order chi connectivity index (χ1) is 13.6. The van der Waals surface area contributed by atoms with E-state index < -0.39 is 5.97 Å². The van der Waals surface area contributed by atoms with Gasteiger partial charge in [0.25, 0.3) is 5.91 Å². The number of nitrogens with one attached hydrogen (secondary N) is 1. The standard InChI is InChI=1S/C22H19IN2O3/c23-17-11-13-18(14-12-17)24-21(26)16-28-22(27)15-25(19-7-3-1-4-8-19)20-9-5-2-6-10-20/h1-14H,15-16H2,(H,24,26). The van der Waals surface area contributed by atoms with E-state index in [1.165, 1.54) is 0 Å². The maximum absolute atomic E-state index is 12.4. The predicted molar refractivity (Wildman–Crippen MR) is 119 cm³/mol. The molecule has 0 aliphatic carbocycles. The molecule has 0 atom stereocenters. The van der Waals surface area contributed by atoms with E-state index in [9.17, 15) is 9.59 Å². The van der Waals surface area contributed by atoms with Gasteiger partial charge in [-0.05, 0) is 71.1 Å². The van der Waals surface area contributed by atoms with Crippen molar-refractivity contribution in [3.63, 3.8) is 0 Å². The second kappa shape index (κ2) is 9.89. The van der Waals surface area contributed by atoms with Crippen LogP contribution < -0.4 is 10.2 Å². The minimum atomic E-state index is -0.481. The van der Waals surface area contributed by atoms with Gasteiger partial charge in [-0.25, -0.2) is 0 Å². The molecular weight excluding hydrogens is 467 g/mol. The van der Waals surface area contributed by atoms with Crippen molar-refractivity contribution in [1.82, 2.24) is 0 Å². The summed E-state index contributed by atoms with van der Waals surface area (Å²) in [6, 6.07) is 26.5. The first kappa shape index (κ1) is 19.9. The van der Waals surface area contributed by atoms with Crippen molar-refractivity contribution in [1.29, 1.82) is 0 Å². The highest BCUT2D eigenvalue weighted by molar-refractivity contribution is 14.1. The van der Waals surface area contributed by atoms with Gasteiger partial charge in [-0.3, -0.25) is 9.59 Å². The molecule has 1 amide bonds. The Hall–Kier alpha value is -2.87. The van der Waals surface area contributed by atoms with Crippen LogP contribution in [0.5, 0.6) is 0 Å². The largest absolute Gasteiger partial charge is 0.454 e. The number of ether oxygens (including phenoxy) is 1. The number of esters is 1. The summed E-state index contributed by atoms with van der Waals surface area (Å²) in [7, 11) is 0. The SMILES string of the molecule is O=C(COC(=O)CN(c1ccccc1)c1ccccc1)Nc1ccc(I)cc1. The summed E-state index contributed by atoms with van der Waals surface area (Å²) < 4.78 is 6.25. The number of hydrogen-bond donors (Lipinski definition) is 1. The topological polar surface area (TPSA) is 58.6 Å². The van der Waals surface area contributed by atoms with Crippen molar-refractivity contribution in [2.45, 2.75) is 0 Å². The molecule has 3 aromatic rings. The molecule has 0 heterocycles. The Morgan fingerprint density at radius 2 is 1.36 bits per heavy atom. The minimum absolute atomic E-state index is 0.00480. The monoisotopic (exact) mass is 486 g/mol. The van der Waals surface area contributed by atoms with Crippen molar-refractivity contribution in [3.05, 3.63) is 88.5 Å². The molecule has 142 valence electrons. The number of nitrogens with zero attached hydrogens (tertiary/aromatic N) is 1. The van der Waals surface area contributed by atoms with E-state index in [0.717, 1.165) is 14.9 Å². The maximum atomic E-state index is 12.4. The zero-order valence-electron chi connectivity index (χ0n) is 15.0. The zero-order valence-corrected chi connectivity index (χ0v) is 17.2. The van der Waals surface area contributed by atoms with Gasteiger partial charge in [0.15, 0.2) is 6.61 Å². The van der Waals surface area contributed by atoms with Gasteiger partial charge >= 0.3 is 5.97 Å². The molecule has 0 aliphatic heterocycles. The summed E-state index contributed by atoms with van der Waals surface area (Å²) in [5.41, 5.74) is 2.40. The lowest BCUT2D eigenvalue weighted by atomic mass is 10.2. The molecule has 0 unspecified atom stereocenters. The number of carbonyl (C=O) groups is 2. The van der Waals surface area contributed by atoms with Gasteiger partial charge in [-0.2, -0.15) is 0 Å². The number of carbonyl (C=O) groups excluding carboxylic acids is 2. The Bertz CT molecular complexity index is 876. The van der Waals surface area contributed by atoms with Crippen LogP contribution in [0, 0.1) is 3.57 Å². The van der Waals surface area contributed by atoms with E-state index in [1.54, 1.807) is 12.1 Å². The fourth-order valence-corrected chi connectivity index (χ4v) is 2.96. The molecule has 0 aromatic heterocycles. The third-order valence-electron chi connectivity index (χ3n) is 3.92. The van der Waals surface area contributed by atoms with Crippen LogP contribution in [-0.2, 0) is 14.3 Å².